The lowest BCUT2D eigenvalue weighted by Gasteiger charge is -2.32. The summed E-state index contributed by atoms with van der Waals surface area (Å²) < 4.78 is 18.0. The Morgan fingerprint density at radius 2 is 2.26 bits per heavy atom. The zero-order valence-electron chi connectivity index (χ0n) is 11.0. The van der Waals surface area contributed by atoms with Gasteiger partial charge in [-0.25, -0.2) is 9.37 Å². The molecular formula is C14H16FN3S. The maximum Gasteiger partial charge on any atom is 0.203 e. The van der Waals surface area contributed by atoms with Crippen molar-refractivity contribution in [2.75, 3.05) is 5.32 Å². The summed E-state index contributed by atoms with van der Waals surface area (Å²) in [7, 11) is 0. The summed E-state index contributed by atoms with van der Waals surface area (Å²) >= 11 is 1.36. The number of hydrogen-bond acceptors (Lipinski definition) is 4. The van der Waals surface area contributed by atoms with Gasteiger partial charge in [0.15, 0.2) is 0 Å². The molecular weight excluding hydrogens is 261 g/mol. The quantitative estimate of drug-likeness (QED) is 0.909. The molecule has 2 unspecified atom stereocenters. The Bertz CT molecular complexity index is 596. The third-order valence-electron chi connectivity index (χ3n) is 3.72. The number of halogens is 1. The van der Waals surface area contributed by atoms with Crippen LogP contribution in [0.15, 0.2) is 18.2 Å². The number of rotatable bonds is 2. The van der Waals surface area contributed by atoms with Gasteiger partial charge in [-0.05, 0) is 42.9 Å². The first-order chi connectivity index (χ1) is 9.15. The lowest BCUT2D eigenvalue weighted by molar-refractivity contribution is 0.423. The first-order valence-corrected chi connectivity index (χ1v) is 7.26. The van der Waals surface area contributed by atoms with Crippen LogP contribution in [0.1, 0.15) is 36.3 Å². The molecule has 0 saturated heterocycles. The minimum Gasteiger partial charge on any atom is -0.353 e. The smallest absolute Gasteiger partial charge is 0.203 e. The minimum absolute atomic E-state index is 0.0929. The van der Waals surface area contributed by atoms with Gasteiger partial charge in [-0.2, -0.15) is 4.37 Å². The van der Waals surface area contributed by atoms with Crippen molar-refractivity contribution in [3.8, 4) is 0 Å². The molecule has 1 aromatic carbocycles. The van der Waals surface area contributed by atoms with E-state index < -0.39 is 0 Å². The van der Waals surface area contributed by atoms with Gasteiger partial charge < -0.3 is 5.32 Å². The van der Waals surface area contributed by atoms with Crippen LogP contribution in [0.5, 0.6) is 0 Å². The summed E-state index contributed by atoms with van der Waals surface area (Å²) in [5, 5.41) is 4.22. The molecule has 0 radical (unpaired) electrons. The second-order valence-electron chi connectivity index (χ2n) is 5.09. The highest BCUT2D eigenvalue weighted by Crippen LogP contribution is 2.37. The predicted molar refractivity (Wildman–Crippen MR) is 74.9 cm³/mol. The van der Waals surface area contributed by atoms with E-state index in [4.69, 9.17) is 0 Å². The first-order valence-electron chi connectivity index (χ1n) is 6.49. The predicted octanol–water partition coefficient (Wildman–Crippen LogP) is 3.72. The van der Waals surface area contributed by atoms with E-state index in [9.17, 15) is 4.39 Å². The van der Waals surface area contributed by atoms with Crippen LogP contribution in [-0.4, -0.2) is 9.36 Å². The van der Waals surface area contributed by atoms with E-state index in [1.807, 2.05) is 13.0 Å². The Labute approximate surface area is 116 Å². The molecule has 19 heavy (non-hydrogen) atoms. The molecule has 0 amide bonds. The van der Waals surface area contributed by atoms with E-state index in [0.29, 0.717) is 5.92 Å². The second-order valence-corrected chi connectivity index (χ2v) is 5.84. The Kier molecular flexibility index (Phi) is 3.22. The van der Waals surface area contributed by atoms with E-state index >= 15 is 0 Å². The van der Waals surface area contributed by atoms with Crippen LogP contribution in [-0.2, 0) is 6.42 Å². The number of nitrogens with zero attached hydrogens (tertiary/aromatic N) is 2. The summed E-state index contributed by atoms with van der Waals surface area (Å²) in [4.78, 5) is 4.34. The van der Waals surface area contributed by atoms with E-state index in [1.54, 1.807) is 12.1 Å². The molecule has 1 aliphatic rings. The van der Waals surface area contributed by atoms with Crippen LogP contribution in [0.4, 0.5) is 9.52 Å². The molecule has 1 heterocycles. The van der Waals surface area contributed by atoms with Crippen LogP contribution in [0.3, 0.4) is 0 Å². The molecule has 1 aliphatic carbocycles. The van der Waals surface area contributed by atoms with E-state index in [0.717, 1.165) is 34.9 Å². The van der Waals surface area contributed by atoms with Crippen LogP contribution < -0.4 is 5.32 Å². The number of anilines is 1. The zero-order valence-corrected chi connectivity index (χ0v) is 11.8. The average molecular weight is 277 g/mol. The highest BCUT2D eigenvalue weighted by molar-refractivity contribution is 7.09. The highest BCUT2D eigenvalue weighted by Gasteiger charge is 2.28. The molecule has 1 aromatic heterocycles. The standard InChI is InChI=1S/C14H16FN3S/c1-8-6-7-10-11(4-3-5-12(10)15)13(8)17-14-16-9(2)18-19-14/h3-5,8,13H,6-7H2,1-2H3,(H,16,17,18). The molecule has 0 bridgehead atoms. The molecule has 2 atom stereocenters. The number of aromatic nitrogens is 2. The Morgan fingerprint density at radius 3 is 3.00 bits per heavy atom. The Morgan fingerprint density at radius 1 is 1.42 bits per heavy atom. The average Bonchev–Trinajstić information content (AvgIpc) is 2.79. The molecule has 100 valence electrons. The molecule has 3 rings (SSSR count). The lowest BCUT2D eigenvalue weighted by atomic mass is 9.80. The topological polar surface area (TPSA) is 37.8 Å². The monoisotopic (exact) mass is 277 g/mol. The van der Waals surface area contributed by atoms with Crippen molar-refractivity contribution in [1.29, 1.82) is 0 Å². The van der Waals surface area contributed by atoms with E-state index in [1.165, 1.54) is 11.5 Å². The summed E-state index contributed by atoms with van der Waals surface area (Å²) in [6.07, 6.45) is 1.81. The fourth-order valence-corrected chi connectivity index (χ4v) is 3.30. The van der Waals surface area contributed by atoms with Gasteiger partial charge >= 0.3 is 0 Å². The van der Waals surface area contributed by atoms with Crippen molar-refractivity contribution in [2.24, 2.45) is 5.92 Å². The van der Waals surface area contributed by atoms with E-state index in [-0.39, 0.29) is 11.9 Å². The molecule has 0 saturated carbocycles. The third-order valence-corrected chi connectivity index (χ3v) is 4.45. The maximum atomic E-state index is 13.9. The normalized spacial score (nSPS) is 22.1. The van der Waals surface area contributed by atoms with Crippen molar-refractivity contribution < 1.29 is 4.39 Å². The number of fused-ring (bicyclic) bond motifs is 1. The molecule has 1 N–H and O–H groups in total. The van der Waals surface area contributed by atoms with Gasteiger partial charge in [-0.3, -0.25) is 0 Å². The van der Waals surface area contributed by atoms with Crippen LogP contribution in [0.25, 0.3) is 0 Å². The maximum absolute atomic E-state index is 13.9. The van der Waals surface area contributed by atoms with Gasteiger partial charge in [0.05, 0.1) is 6.04 Å². The number of hydrogen-bond donors (Lipinski definition) is 1. The van der Waals surface area contributed by atoms with Crippen molar-refractivity contribution in [2.45, 2.75) is 32.7 Å². The van der Waals surface area contributed by atoms with Gasteiger partial charge in [-0.1, -0.05) is 19.1 Å². The first kappa shape index (κ1) is 12.5. The van der Waals surface area contributed by atoms with Gasteiger partial charge in [0.25, 0.3) is 0 Å². The summed E-state index contributed by atoms with van der Waals surface area (Å²) in [5.41, 5.74) is 1.91. The van der Waals surface area contributed by atoms with Crippen molar-refractivity contribution >= 4 is 16.7 Å². The fraction of sp³-hybridized carbons (Fsp3) is 0.429. The molecule has 5 heteroatoms. The minimum atomic E-state index is -0.0929. The second kappa shape index (κ2) is 4.89. The van der Waals surface area contributed by atoms with Gasteiger partial charge in [-0.15, -0.1) is 0 Å². The summed E-state index contributed by atoms with van der Waals surface area (Å²) in [6, 6.07) is 5.46. The summed E-state index contributed by atoms with van der Waals surface area (Å²) in [6.45, 7) is 4.07. The van der Waals surface area contributed by atoms with E-state index in [2.05, 4.69) is 21.6 Å². The molecule has 2 aromatic rings. The Hall–Kier alpha value is -1.49. The fourth-order valence-electron chi connectivity index (χ4n) is 2.68. The zero-order chi connectivity index (χ0) is 13.4. The number of aryl methyl sites for hydroxylation is 1. The number of nitrogens with one attached hydrogen (secondary N) is 1. The lowest BCUT2D eigenvalue weighted by Crippen LogP contribution is -2.25. The van der Waals surface area contributed by atoms with Crippen molar-refractivity contribution in [3.05, 3.63) is 41.0 Å². The molecule has 0 aliphatic heterocycles. The summed E-state index contributed by atoms with van der Waals surface area (Å²) in [5.74, 6) is 1.14. The molecule has 0 fully saturated rings. The van der Waals surface area contributed by atoms with Gasteiger partial charge in [0.1, 0.15) is 11.6 Å². The number of benzene rings is 1. The van der Waals surface area contributed by atoms with Gasteiger partial charge in [0, 0.05) is 11.5 Å². The van der Waals surface area contributed by atoms with Crippen molar-refractivity contribution in [3.63, 3.8) is 0 Å². The van der Waals surface area contributed by atoms with Gasteiger partial charge in [0.2, 0.25) is 5.13 Å². The van der Waals surface area contributed by atoms with Crippen LogP contribution in [0.2, 0.25) is 0 Å². The molecule has 0 spiro atoms. The SMILES string of the molecule is Cc1nsc(NC2c3cccc(F)c3CCC2C)n1. The largest absolute Gasteiger partial charge is 0.353 e. The van der Waals surface area contributed by atoms with Crippen molar-refractivity contribution in [1.82, 2.24) is 9.36 Å². The third kappa shape index (κ3) is 2.34. The van der Waals surface area contributed by atoms with Crippen LogP contribution in [0, 0.1) is 18.7 Å². The molecule has 3 nitrogen and oxygen atoms in total. The van der Waals surface area contributed by atoms with Crippen LogP contribution >= 0.6 is 11.5 Å². The Balaban J connectivity index is 1.95. The highest BCUT2D eigenvalue weighted by atomic mass is 32.1.